The van der Waals surface area contributed by atoms with Gasteiger partial charge in [0.25, 0.3) is 0 Å². The third-order valence-electron chi connectivity index (χ3n) is 3.75. The number of esters is 1. The molecule has 0 aromatic rings. The van der Waals surface area contributed by atoms with Crippen LogP contribution in [0.1, 0.15) is 39.5 Å². The highest BCUT2D eigenvalue weighted by molar-refractivity contribution is 8.14. The normalized spacial score (nSPS) is 33.7. The van der Waals surface area contributed by atoms with Gasteiger partial charge in [0.1, 0.15) is 6.54 Å². The fraction of sp³-hybridized carbons (Fsp3) is 0.846. The molecule has 1 N–H and O–H groups in total. The monoisotopic (exact) mass is 270 g/mol. The molecule has 5 heteroatoms. The predicted octanol–water partition coefficient (Wildman–Crippen LogP) is 2.19. The second-order valence-electron chi connectivity index (χ2n) is 5.30. The Balaban J connectivity index is 1.84. The Morgan fingerprint density at radius 1 is 1.56 bits per heavy atom. The van der Waals surface area contributed by atoms with Crippen LogP contribution in [0, 0.1) is 5.92 Å². The first kappa shape index (κ1) is 13.7. The molecule has 1 spiro atoms. The molecule has 2 aliphatic rings. The minimum Gasteiger partial charge on any atom is -0.465 e. The summed E-state index contributed by atoms with van der Waals surface area (Å²) >= 11 is 1.74. The molecular weight excluding hydrogens is 248 g/mol. The summed E-state index contributed by atoms with van der Waals surface area (Å²) in [7, 11) is 0. The van der Waals surface area contributed by atoms with Crippen molar-refractivity contribution in [1.82, 2.24) is 5.32 Å². The highest BCUT2D eigenvalue weighted by atomic mass is 32.2. The Kier molecular flexibility index (Phi) is 4.54. The topological polar surface area (TPSA) is 50.7 Å². The highest BCUT2D eigenvalue weighted by Crippen LogP contribution is 2.38. The molecule has 18 heavy (non-hydrogen) atoms. The molecule has 0 unspecified atom stereocenters. The molecule has 102 valence electrons. The summed E-state index contributed by atoms with van der Waals surface area (Å²) < 4.78 is 4.87. The van der Waals surface area contributed by atoms with Gasteiger partial charge >= 0.3 is 5.97 Å². The molecule has 0 radical (unpaired) electrons. The van der Waals surface area contributed by atoms with Crippen LogP contribution in [0.4, 0.5) is 0 Å². The van der Waals surface area contributed by atoms with Gasteiger partial charge in [-0.25, -0.2) is 0 Å². The molecular formula is C13H22N2O2S. The molecule has 1 aliphatic heterocycles. The summed E-state index contributed by atoms with van der Waals surface area (Å²) in [6, 6.07) is 0. The smallest absolute Gasteiger partial charge is 0.327 e. The highest BCUT2D eigenvalue weighted by Gasteiger charge is 2.39. The lowest BCUT2D eigenvalue weighted by atomic mass is 9.78. The Bertz CT molecular complexity index is 336. The van der Waals surface area contributed by atoms with Crippen molar-refractivity contribution in [2.75, 3.05) is 18.9 Å². The van der Waals surface area contributed by atoms with Crippen LogP contribution in [0.25, 0.3) is 0 Å². The van der Waals surface area contributed by atoms with Crippen LogP contribution >= 0.6 is 11.8 Å². The van der Waals surface area contributed by atoms with Crippen molar-refractivity contribution in [2.24, 2.45) is 10.9 Å². The van der Waals surface area contributed by atoms with Gasteiger partial charge < -0.3 is 10.1 Å². The van der Waals surface area contributed by atoms with E-state index in [0.717, 1.165) is 16.8 Å². The molecule has 2 rings (SSSR count). The summed E-state index contributed by atoms with van der Waals surface area (Å²) in [5.74, 6) is 1.69. The zero-order valence-electron chi connectivity index (χ0n) is 11.2. The first-order chi connectivity index (χ1) is 8.63. The Hall–Kier alpha value is -0.710. The summed E-state index contributed by atoms with van der Waals surface area (Å²) in [6.45, 7) is 4.69. The maximum Gasteiger partial charge on any atom is 0.327 e. The zero-order valence-corrected chi connectivity index (χ0v) is 12.0. The van der Waals surface area contributed by atoms with Gasteiger partial charge in [-0.1, -0.05) is 18.7 Å². The number of carbonyl (C=O) groups is 1. The van der Waals surface area contributed by atoms with E-state index in [2.05, 4.69) is 17.2 Å². The second kappa shape index (κ2) is 5.95. The second-order valence-corrected chi connectivity index (χ2v) is 6.27. The van der Waals surface area contributed by atoms with E-state index < -0.39 is 0 Å². The molecule has 0 bridgehead atoms. The van der Waals surface area contributed by atoms with Crippen LogP contribution in [-0.4, -0.2) is 35.6 Å². The average molecular weight is 270 g/mol. The molecule has 0 amide bonds. The van der Waals surface area contributed by atoms with Crippen molar-refractivity contribution in [3.8, 4) is 0 Å². The van der Waals surface area contributed by atoms with Crippen LogP contribution in [-0.2, 0) is 9.53 Å². The minimum absolute atomic E-state index is 0.135. The van der Waals surface area contributed by atoms with E-state index in [0.29, 0.717) is 6.61 Å². The number of aliphatic imine (C=N–C) groups is 1. The van der Waals surface area contributed by atoms with Gasteiger partial charge in [0.05, 0.1) is 6.61 Å². The lowest BCUT2D eigenvalue weighted by Gasteiger charge is -2.35. The van der Waals surface area contributed by atoms with Gasteiger partial charge in [-0.05, 0) is 38.5 Å². The van der Waals surface area contributed by atoms with Gasteiger partial charge in [-0.15, -0.1) is 0 Å². The van der Waals surface area contributed by atoms with Gasteiger partial charge in [-0.2, -0.15) is 0 Å². The molecule has 4 nitrogen and oxygen atoms in total. The average Bonchev–Trinajstić information content (AvgIpc) is 2.75. The first-order valence-electron chi connectivity index (χ1n) is 6.74. The maximum atomic E-state index is 11.2. The number of ether oxygens (including phenoxy) is 1. The van der Waals surface area contributed by atoms with Crippen LogP contribution in [0.5, 0.6) is 0 Å². The number of hydrogen-bond donors (Lipinski definition) is 1. The van der Waals surface area contributed by atoms with Crippen molar-refractivity contribution >= 4 is 22.9 Å². The fourth-order valence-electron chi connectivity index (χ4n) is 2.52. The van der Waals surface area contributed by atoms with Gasteiger partial charge in [0.2, 0.25) is 0 Å². The lowest BCUT2D eigenvalue weighted by molar-refractivity contribution is -0.141. The van der Waals surface area contributed by atoms with Crippen LogP contribution in [0.15, 0.2) is 4.99 Å². The van der Waals surface area contributed by atoms with Crippen LogP contribution in [0.2, 0.25) is 0 Å². The molecule has 2 fully saturated rings. The number of nitrogens with one attached hydrogen (secondary N) is 1. The minimum atomic E-state index is -0.245. The Labute approximate surface area is 113 Å². The van der Waals surface area contributed by atoms with E-state index in [1.165, 1.54) is 25.7 Å². The summed E-state index contributed by atoms with van der Waals surface area (Å²) in [5, 5.41) is 4.44. The molecule has 0 aromatic heterocycles. The van der Waals surface area contributed by atoms with Crippen molar-refractivity contribution in [1.29, 1.82) is 0 Å². The molecule has 0 aromatic carbocycles. The van der Waals surface area contributed by atoms with Crippen molar-refractivity contribution in [3.05, 3.63) is 0 Å². The fourth-order valence-corrected chi connectivity index (χ4v) is 3.74. The predicted molar refractivity (Wildman–Crippen MR) is 74.9 cm³/mol. The molecule has 0 atom stereocenters. The summed E-state index contributed by atoms with van der Waals surface area (Å²) in [6.07, 6.45) is 5.02. The number of nitrogens with zero attached hydrogens (tertiary/aromatic N) is 1. The quantitative estimate of drug-likeness (QED) is 0.799. The third-order valence-corrected chi connectivity index (χ3v) is 4.95. The Morgan fingerprint density at radius 3 is 2.94 bits per heavy atom. The summed E-state index contributed by atoms with van der Waals surface area (Å²) in [5.41, 5.74) is 0.241. The van der Waals surface area contributed by atoms with E-state index in [1.807, 2.05) is 6.92 Å². The number of amidine groups is 1. The van der Waals surface area contributed by atoms with E-state index >= 15 is 0 Å². The van der Waals surface area contributed by atoms with Crippen molar-refractivity contribution < 1.29 is 9.53 Å². The standard InChI is InChI=1S/C13H22N2O2S/c1-3-17-11(16)8-14-12-15-13(9-18-12)6-4-10(2)5-7-13/h10H,3-9H2,1-2H3,(H,14,15). The van der Waals surface area contributed by atoms with Crippen molar-refractivity contribution in [2.45, 2.75) is 45.1 Å². The van der Waals surface area contributed by atoms with E-state index in [4.69, 9.17) is 4.74 Å². The summed E-state index contributed by atoms with van der Waals surface area (Å²) in [4.78, 5) is 15.5. The number of carbonyl (C=O) groups excluding carboxylic acids is 1. The number of rotatable bonds is 3. The molecule has 1 heterocycles. The van der Waals surface area contributed by atoms with E-state index in [1.54, 1.807) is 11.8 Å². The van der Waals surface area contributed by atoms with Crippen LogP contribution < -0.4 is 5.32 Å². The zero-order chi connectivity index (χ0) is 13.0. The Morgan fingerprint density at radius 2 is 2.28 bits per heavy atom. The van der Waals surface area contributed by atoms with E-state index in [-0.39, 0.29) is 18.1 Å². The van der Waals surface area contributed by atoms with Gasteiger partial charge in [0, 0.05) is 11.3 Å². The number of thioether (sulfide) groups is 1. The largest absolute Gasteiger partial charge is 0.465 e. The van der Waals surface area contributed by atoms with Crippen molar-refractivity contribution in [3.63, 3.8) is 0 Å². The van der Waals surface area contributed by atoms with Crippen LogP contribution in [0.3, 0.4) is 0 Å². The SMILES string of the molecule is CCOC(=O)CN=C1NC2(CCC(C)CC2)CS1. The van der Waals surface area contributed by atoms with Gasteiger partial charge in [0.15, 0.2) is 5.17 Å². The molecule has 1 aliphatic carbocycles. The lowest BCUT2D eigenvalue weighted by Crippen LogP contribution is -2.46. The molecule has 1 saturated carbocycles. The first-order valence-corrected chi connectivity index (χ1v) is 7.73. The van der Waals surface area contributed by atoms with E-state index in [9.17, 15) is 4.79 Å². The van der Waals surface area contributed by atoms with Gasteiger partial charge in [-0.3, -0.25) is 9.79 Å². The molecule has 1 saturated heterocycles. The maximum absolute atomic E-state index is 11.2. The number of hydrogen-bond acceptors (Lipinski definition) is 4. The third kappa shape index (κ3) is 3.40.